The van der Waals surface area contributed by atoms with E-state index in [1.165, 1.54) is 31.2 Å². The molecule has 0 radical (unpaired) electrons. The Bertz CT molecular complexity index is 522. The Labute approximate surface area is 151 Å². The van der Waals surface area contributed by atoms with E-state index in [4.69, 9.17) is 4.74 Å². The minimum atomic E-state index is 0.320. The summed E-state index contributed by atoms with van der Waals surface area (Å²) in [5, 5.41) is 16.2. The summed E-state index contributed by atoms with van der Waals surface area (Å²) in [6.07, 6.45) is 8.34. The Morgan fingerprint density at radius 3 is 2.56 bits per heavy atom. The predicted molar refractivity (Wildman–Crippen MR) is 103 cm³/mol. The van der Waals surface area contributed by atoms with Crippen molar-refractivity contribution in [3.63, 3.8) is 0 Å². The zero-order valence-corrected chi connectivity index (χ0v) is 15.7. The van der Waals surface area contributed by atoms with E-state index in [0.29, 0.717) is 11.2 Å². The smallest absolute Gasteiger partial charge is 0.190 e. The number of methoxy groups -OCH3 is 1. The number of rotatable bonds is 9. The van der Waals surface area contributed by atoms with Crippen LogP contribution < -0.4 is 10.6 Å². The van der Waals surface area contributed by atoms with Crippen LogP contribution in [0.15, 0.2) is 29.3 Å². The van der Waals surface area contributed by atoms with Crippen molar-refractivity contribution in [3.05, 3.63) is 29.8 Å². The lowest BCUT2D eigenvalue weighted by Crippen LogP contribution is -2.43. The second-order valence-corrected chi connectivity index (χ2v) is 7.07. The fourth-order valence-corrected chi connectivity index (χ4v) is 3.61. The maximum absolute atomic E-state index is 9.31. The molecule has 0 bridgehead atoms. The number of ether oxygens (including phenoxy) is 1. The summed E-state index contributed by atoms with van der Waals surface area (Å²) >= 11 is 0. The molecule has 0 saturated heterocycles. The molecule has 0 amide bonds. The normalized spacial score (nSPS) is 16.8. The van der Waals surface area contributed by atoms with Crippen molar-refractivity contribution in [1.82, 2.24) is 10.6 Å². The lowest BCUT2D eigenvalue weighted by Gasteiger charge is -2.30. The van der Waals surface area contributed by atoms with E-state index in [0.717, 1.165) is 44.9 Å². The number of aromatic hydroxyl groups is 1. The number of hydrogen-bond acceptors (Lipinski definition) is 3. The highest BCUT2D eigenvalue weighted by molar-refractivity contribution is 5.79. The van der Waals surface area contributed by atoms with Gasteiger partial charge in [0, 0.05) is 33.9 Å². The highest BCUT2D eigenvalue weighted by Gasteiger charge is 2.33. The molecule has 1 fully saturated rings. The molecule has 2 rings (SSSR count). The third-order valence-electron chi connectivity index (χ3n) is 5.23. The first-order valence-corrected chi connectivity index (χ1v) is 9.39. The van der Waals surface area contributed by atoms with Gasteiger partial charge in [-0.25, -0.2) is 0 Å². The summed E-state index contributed by atoms with van der Waals surface area (Å²) in [4.78, 5) is 4.35. The number of benzene rings is 1. The summed E-state index contributed by atoms with van der Waals surface area (Å²) in [5.41, 5.74) is 1.60. The van der Waals surface area contributed by atoms with E-state index in [9.17, 15) is 5.11 Å². The highest BCUT2D eigenvalue weighted by Crippen LogP contribution is 2.40. The number of nitrogens with one attached hydrogen (secondary N) is 2. The molecule has 1 aromatic carbocycles. The molecule has 5 nitrogen and oxygen atoms in total. The quantitative estimate of drug-likeness (QED) is 0.365. The van der Waals surface area contributed by atoms with Gasteiger partial charge in [0.05, 0.1) is 0 Å². The van der Waals surface area contributed by atoms with Gasteiger partial charge in [0.15, 0.2) is 5.96 Å². The van der Waals surface area contributed by atoms with Gasteiger partial charge in [-0.2, -0.15) is 0 Å². The molecule has 0 unspecified atom stereocenters. The van der Waals surface area contributed by atoms with E-state index >= 15 is 0 Å². The van der Waals surface area contributed by atoms with Gasteiger partial charge in [-0.15, -0.1) is 0 Å². The van der Waals surface area contributed by atoms with Gasteiger partial charge in [-0.3, -0.25) is 4.99 Å². The second kappa shape index (κ2) is 10.3. The molecular weight excluding hydrogens is 314 g/mol. The van der Waals surface area contributed by atoms with Crippen LogP contribution in [0.2, 0.25) is 0 Å². The van der Waals surface area contributed by atoms with Crippen LogP contribution in [0, 0.1) is 5.41 Å². The van der Waals surface area contributed by atoms with Gasteiger partial charge in [0.2, 0.25) is 0 Å². The van der Waals surface area contributed by atoms with Crippen LogP contribution in [0.25, 0.3) is 0 Å². The SMILES string of the molecule is CN=C(NCCCc1ccc(O)cc1)NCC1(CCOC)CCCC1. The zero-order valence-electron chi connectivity index (χ0n) is 15.7. The minimum Gasteiger partial charge on any atom is -0.508 e. The Morgan fingerprint density at radius 1 is 1.20 bits per heavy atom. The van der Waals surface area contributed by atoms with Gasteiger partial charge in [0.1, 0.15) is 5.75 Å². The van der Waals surface area contributed by atoms with Crippen molar-refractivity contribution >= 4 is 5.96 Å². The van der Waals surface area contributed by atoms with Crippen LogP contribution >= 0.6 is 0 Å². The Hall–Kier alpha value is -1.75. The Balaban J connectivity index is 1.70. The van der Waals surface area contributed by atoms with Crippen molar-refractivity contribution in [3.8, 4) is 5.75 Å². The van der Waals surface area contributed by atoms with Crippen LogP contribution in [0.5, 0.6) is 5.75 Å². The molecule has 1 aromatic rings. The number of phenolic OH excluding ortho intramolecular Hbond substituents is 1. The molecule has 1 saturated carbocycles. The van der Waals surface area contributed by atoms with Gasteiger partial charge < -0.3 is 20.5 Å². The summed E-state index contributed by atoms with van der Waals surface area (Å²) < 4.78 is 5.30. The molecule has 0 atom stereocenters. The van der Waals surface area contributed by atoms with E-state index in [1.54, 1.807) is 19.2 Å². The van der Waals surface area contributed by atoms with Crippen molar-refractivity contribution in [2.24, 2.45) is 10.4 Å². The summed E-state index contributed by atoms with van der Waals surface area (Å²) in [6.45, 7) is 2.68. The number of phenols is 1. The van der Waals surface area contributed by atoms with Crippen molar-refractivity contribution in [2.75, 3.05) is 33.9 Å². The number of hydrogen-bond donors (Lipinski definition) is 3. The third kappa shape index (κ3) is 6.58. The van der Waals surface area contributed by atoms with Crippen LogP contribution in [-0.2, 0) is 11.2 Å². The fraction of sp³-hybridized carbons (Fsp3) is 0.650. The molecule has 0 heterocycles. The molecule has 1 aliphatic carbocycles. The minimum absolute atomic E-state index is 0.320. The standard InChI is InChI=1S/C20H33N3O2/c1-21-19(22-14-5-6-17-7-9-18(24)10-8-17)23-16-20(13-15-25-2)11-3-4-12-20/h7-10,24H,3-6,11-16H2,1-2H3,(H2,21,22,23). The molecule has 140 valence electrons. The number of aryl methyl sites for hydroxylation is 1. The molecule has 0 spiro atoms. The highest BCUT2D eigenvalue weighted by atomic mass is 16.5. The summed E-state index contributed by atoms with van der Waals surface area (Å²) in [6, 6.07) is 7.43. The van der Waals surface area contributed by atoms with Crippen molar-refractivity contribution in [2.45, 2.75) is 44.9 Å². The van der Waals surface area contributed by atoms with E-state index in [1.807, 2.05) is 19.2 Å². The topological polar surface area (TPSA) is 65.9 Å². The Morgan fingerprint density at radius 2 is 1.92 bits per heavy atom. The second-order valence-electron chi connectivity index (χ2n) is 7.07. The lowest BCUT2D eigenvalue weighted by molar-refractivity contribution is 0.138. The Kier molecular flexibility index (Phi) is 8.06. The number of nitrogens with zero attached hydrogens (tertiary/aromatic N) is 1. The van der Waals surface area contributed by atoms with E-state index in [2.05, 4.69) is 15.6 Å². The van der Waals surface area contributed by atoms with Crippen LogP contribution in [0.3, 0.4) is 0 Å². The average Bonchev–Trinajstić information content (AvgIpc) is 3.10. The maximum atomic E-state index is 9.31. The average molecular weight is 348 g/mol. The molecule has 3 N–H and O–H groups in total. The monoisotopic (exact) mass is 347 g/mol. The number of aliphatic imine (C=N–C) groups is 1. The first kappa shape index (κ1) is 19.6. The molecule has 1 aliphatic rings. The molecule has 25 heavy (non-hydrogen) atoms. The summed E-state index contributed by atoms with van der Waals surface area (Å²) in [7, 11) is 3.61. The van der Waals surface area contributed by atoms with Gasteiger partial charge in [0.25, 0.3) is 0 Å². The molecule has 0 aromatic heterocycles. The zero-order chi connectivity index (χ0) is 18.0. The molecule has 0 aliphatic heterocycles. The first-order chi connectivity index (χ1) is 12.2. The first-order valence-electron chi connectivity index (χ1n) is 9.39. The molecule has 5 heteroatoms. The van der Waals surface area contributed by atoms with Gasteiger partial charge in [-0.1, -0.05) is 25.0 Å². The number of guanidine groups is 1. The maximum Gasteiger partial charge on any atom is 0.190 e. The van der Waals surface area contributed by atoms with E-state index < -0.39 is 0 Å². The van der Waals surface area contributed by atoms with Gasteiger partial charge >= 0.3 is 0 Å². The fourth-order valence-electron chi connectivity index (χ4n) is 3.61. The predicted octanol–water partition coefficient (Wildman–Crippen LogP) is 3.09. The van der Waals surface area contributed by atoms with Crippen LogP contribution in [-0.4, -0.2) is 44.9 Å². The van der Waals surface area contributed by atoms with Crippen molar-refractivity contribution in [1.29, 1.82) is 0 Å². The summed E-state index contributed by atoms with van der Waals surface area (Å²) in [5.74, 6) is 1.20. The largest absolute Gasteiger partial charge is 0.508 e. The van der Waals surface area contributed by atoms with Crippen LogP contribution in [0.1, 0.15) is 44.1 Å². The van der Waals surface area contributed by atoms with E-state index in [-0.39, 0.29) is 0 Å². The lowest BCUT2D eigenvalue weighted by atomic mass is 9.83. The third-order valence-corrected chi connectivity index (χ3v) is 5.23. The molecular formula is C20H33N3O2. The van der Waals surface area contributed by atoms with Gasteiger partial charge in [-0.05, 0) is 55.2 Å². The van der Waals surface area contributed by atoms with Crippen molar-refractivity contribution < 1.29 is 9.84 Å². The van der Waals surface area contributed by atoms with Crippen LogP contribution in [0.4, 0.5) is 0 Å².